The van der Waals surface area contributed by atoms with Gasteiger partial charge >= 0.3 is 0 Å². The van der Waals surface area contributed by atoms with Crippen molar-refractivity contribution in [2.24, 2.45) is 5.92 Å². The van der Waals surface area contributed by atoms with Crippen molar-refractivity contribution >= 4 is 5.65 Å². The topological polar surface area (TPSA) is 55.6 Å². The van der Waals surface area contributed by atoms with E-state index in [1.54, 1.807) is 16.7 Å². The molecule has 1 fully saturated rings. The Bertz CT molecular complexity index is 634. The fourth-order valence-electron chi connectivity index (χ4n) is 2.09. The minimum atomic E-state index is -0.0441. The largest absolute Gasteiger partial charge is 0.380 e. The first-order valence-electron chi connectivity index (χ1n) is 7.09. The molecule has 1 N–H and O–H groups in total. The summed E-state index contributed by atoms with van der Waals surface area (Å²) >= 11 is 0. The Morgan fingerprint density at radius 3 is 3.15 bits per heavy atom. The van der Waals surface area contributed by atoms with Crippen LogP contribution in [0, 0.1) is 5.92 Å². The van der Waals surface area contributed by atoms with E-state index in [0.29, 0.717) is 18.8 Å². The van der Waals surface area contributed by atoms with Gasteiger partial charge in [-0.3, -0.25) is 9.20 Å². The van der Waals surface area contributed by atoms with Crippen LogP contribution in [0.5, 0.6) is 0 Å². The van der Waals surface area contributed by atoms with E-state index >= 15 is 0 Å². The average molecular weight is 273 g/mol. The first-order chi connectivity index (χ1) is 9.83. The highest BCUT2D eigenvalue weighted by Gasteiger charge is 2.20. The normalized spacial score (nSPS) is 14.8. The van der Waals surface area contributed by atoms with Crippen LogP contribution >= 0.6 is 0 Å². The lowest BCUT2D eigenvalue weighted by atomic mass is 10.3. The fourth-order valence-corrected chi connectivity index (χ4v) is 2.09. The van der Waals surface area contributed by atoms with Crippen molar-refractivity contribution < 1.29 is 4.74 Å². The summed E-state index contributed by atoms with van der Waals surface area (Å²) in [5.74, 6) is 0.803. The van der Waals surface area contributed by atoms with Crippen molar-refractivity contribution in [3.8, 4) is 0 Å². The minimum absolute atomic E-state index is 0.0441. The van der Waals surface area contributed by atoms with Gasteiger partial charge in [0, 0.05) is 32.0 Å². The highest BCUT2D eigenvalue weighted by molar-refractivity contribution is 5.37. The number of ether oxygens (including phenoxy) is 1. The molecule has 1 saturated carbocycles. The summed E-state index contributed by atoms with van der Waals surface area (Å²) < 4.78 is 7.08. The van der Waals surface area contributed by atoms with Crippen molar-refractivity contribution in [2.45, 2.75) is 19.4 Å². The quantitative estimate of drug-likeness (QED) is 0.770. The standard InChI is InChI=1S/C15H19N3O2/c19-15-9-13(17-14-3-1-2-7-18(14)15)10-16-6-8-20-11-12-4-5-12/h1-3,7,9,12,16H,4-6,8,10-11H2. The van der Waals surface area contributed by atoms with Gasteiger partial charge in [-0.15, -0.1) is 0 Å². The van der Waals surface area contributed by atoms with E-state index in [4.69, 9.17) is 4.74 Å². The number of rotatable bonds is 7. The molecule has 20 heavy (non-hydrogen) atoms. The predicted molar refractivity (Wildman–Crippen MR) is 76.7 cm³/mol. The van der Waals surface area contributed by atoms with Crippen LogP contribution < -0.4 is 10.9 Å². The fraction of sp³-hybridized carbons (Fsp3) is 0.467. The molecule has 0 saturated heterocycles. The second-order valence-electron chi connectivity index (χ2n) is 5.21. The summed E-state index contributed by atoms with van der Waals surface area (Å²) in [7, 11) is 0. The number of aromatic nitrogens is 2. The molecule has 0 bridgehead atoms. The number of hydrogen-bond donors (Lipinski definition) is 1. The molecule has 1 aliphatic rings. The van der Waals surface area contributed by atoms with Gasteiger partial charge in [0.05, 0.1) is 12.3 Å². The van der Waals surface area contributed by atoms with Gasteiger partial charge in [-0.05, 0) is 30.9 Å². The Labute approximate surface area is 117 Å². The number of nitrogens with one attached hydrogen (secondary N) is 1. The average Bonchev–Trinajstić information content (AvgIpc) is 3.27. The van der Waals surface area contributed by atoms with Crippen LogP contribution in [0.2, 0.25) is 0 Å². The lowest BCUT2D eigenvalue weighted by Gasteiger charge is -2.06. The Hall–Kier alpha value is -1.72. The van der Waals surface area contributed by atoms with Crippen LogP contribution in [0.4, 0.5) is 0 Å². The summed E-state index contributed by atoms with van der Waals surface area (Å²) in [6, 6.07) is 7.12. The molecule has 106 valence electrons. The van der Waals surface area contributed by atoms with Gasteiger partial charge in [-0.2, -0.15) is 0 Å². The molecular formula is C15H19N3O2. The molecule has 0 atom stereocenters. The van der Waals surface area contributed by atoms with Crippen LogP contribution in [-0.2, 0) is 11.3 Å². The maximum Gasteiger partial charge on any atom is 0.258 e. The van der Waals surface area contributed by atoms with E-state index in [1.807, 2.05) is 18.2 Å². The zero-order valence-electron chi connectivity index (χ0n) is 11.4. The predicted octanol–water partition coefficient (Wildman–Crippen LogP) is 1.21. The maximum atomic E-state index is 11.9. The first-order valence-corrected chi connectivity index (χ1v) is 7.09. The monoisotopic (exact) mass is 273 g/mol. The molecule has 2 aromatic rings. The second kappa shape index (κ2) is 6.15. The lowest BCUT2D eigenvalue weighted by molar-refractivity contribution is 0.126. The number of nitrogens with zero attached hydrogens (tertiary/aromatic N) is 2. The van der Waals surface area contributed by atoms with E-state index in [2.05, 4.69) is 10.3 Å². The summed E-state index contributed by atoms with van der Waals surface area (Å²) in [6.07, 6.45) is 4.37. The third-order valence-corrected chi connectivity index (χ3v) is 3.40. The summed E-state index contributed by atoms with van der Waals surface area (Å²) in [6.45, 7) is 2.97. The van der Waals surface area contributed by atoms with Crippen molar-refractivity contribution in [1.82, 2.24) is 14.7 Å². The van der Waals surface area contributed by atoms with E-state index in [0.717, 1.165) is 24.8 Å². The molecule has 5 nitrogen and oxygen atoms in total. The van der Waals surface area contributed by atoms with Gasteiger partial charge in [0.2, 0.25) is 0 Å². The van der Waals surface area contributed by atoms with Gasteiger partial charge in [-0.1, -0.05) is 6.07 Å². The van der Waals surface area contributed by atoms with Gasteiger partial charge in [-0.25, -0.2) is 4.98 Å². The molecule has 1 aliphatic carbocycles. The number of pyridine rings is 1. The molecule has 0 spiro atoms. The molecule has 0 unspecified atom stereocenters. The molecule has 5 heteroatoms. The Morgan fingerprint density at radius 2 is 2.30 bits per heavy atom. The number of fused-ring (bicyclic) bond motifs is 1. The Kier molecular flexibility index (Phi) is 4.08. The lowest BCUT2D eigenvalue weighted by Crippen LogP contribution is -2.23. The van der Waals surface area contributed by atoms with Crippen LogP contribution in [0.1, 0.15) is 18.5 Å². The molecule has 0 aliphatic heterocycles. The minimum Gasteiger partial charge on any atom is -0.380 e. The van der Waals surface area contributed by atoms with Crippen LogP contribution in [0.25, 0.3) is 5.65 Å². The zero-order valence-corrected chi connectivity index (χ0v) is 11.4. The van der Waals surface area contributed by atoms with E-state index in [1.165, 1.54) is 12.8 Å². The van der Waals surface area contributed by atoms with E-state index in [-0.39, 0.29) is 5.56 Å². The SMILES string of the molecule is O=c1cc(CNCCOCC2CC2)nc2ccccn12. The van der Waals surface area contributed by atoms with Crippen LogP contribution in [0.15, 0.2) is 35.3 Å². The molecule has 0 radical (unpaired) electrons. The zero-order chi connectivity index (χ0) is 13.8. The molecular weight excluding hydrogens is 254 g/mol. The van der Waals surface area contributed by atoms with Gasteiger partial charge < -0.3 is 10.1 Å². The maximum absolute atomic E-state index is 11.9. The van der Waals surface area contributed by atoms with Gasteiger partial charge in [0.15, 0.2) is 0 Å². The third-order valence-electron chi connectivity index (χ3n) is 3.40. The van der Waals surface area contributed by atoms with E-state index in [9.17, 15) is 4.79 Å². The highest BCUT2D eigenvalue weighted by Crippen LogP contribution is 2.28. The summed E-state index contributed by atoms with van der Waals surface area (Å²) in [5.41, 5.74) is 1.41. The van der Waals surface area contributed by atoms with Crippen molar-refractivity contribution in [3.05, 3.63) is 46.5 Å². The first kappa shape index (κ1) is 13.3. The molecule has 2 aromatic heterocycles. The molecule has 0 amide bonds. The summed E-state index contributed by atoms with van der Waals surface area (Å²) in [5, 5.41) is 3.25. The Morgan fingerprint density at radius 1 is 1.40 bits per heavy atom. The molecule has 0 aromatic carbocycles. The smallest absolute Gasteiger partial charge is 0.258 e. The van der Waals surface area contributed by atoms with Crippen LogP contribution in [-0.4, -0.2) is 29.1 Å². The van der Waals surface area contributed by atoms with Crippen molar-refractivity contribution in [1.29, 1.82) is 0 Å². The van der Waals surface area contributed by atoms with Crippen molar-refractivity contribution in [3.63, 3.8) is 0 Å². The van der Waals surface area contributed by atoms with E-state index < -0.39 is 0 Å². The van der Waals surface area contributed by atoms with Gasteiger partial charge in [0.25, 0.3) is 5.56 Å². The number of hydrogen-bond acceptors (Lipinski definition) is 4. The van der Waals surface area contributed by atoms with Gasteiger partial charge in [0.1, 0.15) is 5.65 Å². The second-order valence-corrected chi connectivity index (χ2v) is 5.21. The molecule has 3 rings (SSSR count). The molecule has 2 heterocycles. The summed E-state index contributed by atoms with van der Waals surface area (Å²) in [4.78, 5) is 16.3. The van der Waals surface area contributed by atoms with Crippen LogP contribution in [0.3, 0.4) is 0 Å². The Balaban J connectivity index is 1.50. The highest BCUT2D eigenvalue weighted by atomic mass is 16.5. The van der Waals surface area contributed by atoms with Crippen molar-refractivity contribution in [2.75, 3.05) is 19.8 Å². The third kappa shape index (κ3) is 3.43.